The molecular weight excluding hydrogens is 184 g/mol. The van der Waals surface area contributed by atoms with Crippen LogP contribution in [0.4, 0.5) is 0 Å². The van der Waals surface area contributed by atoms with E-state index in [1.807, 2.05) is 0 Å². The molecule has 0 amide bonds. The molecule has 2 saturated carbocycles. The van der Waals surface area contributed by atoms with E-state index < -0.39 is 0 Å². The molecule has 0 aromatic heterocycles. The second kappa shape index (κ2) is 3.45. The summed E-state index contributed by atoms with van der Waals surface area (Å²) in [5.41, 5.74) is 0. The molecule has 0 heterocycles. The lowest BCUT2D eigenvalue weighted by atomic mass is 9.78. The Balaban J connectivity index is 2.11. The van der Waals surface area contributed by atoms with Crippen molar-refractivity contribution in [1.82, 2.24) is 0 Å². The molecule has 2 bridgehead atoms. The SMILES string of the molecule is CCC1C2CC(S)C(C2)C1CS. The van der Waals surface area contributed by atoms with E-state index in [1.54, 1.807) is 0 Å². The zero-order chi connectivity index (χ0) is 8.72. The molecule has 2 rings (SSSR count). The van der Waals surface area contributed by atoms with Gasteiger partial charge in [0.2, 0.25) is 0 Å². The highest BCUT2D eigenvalue weighted by Gasteiger charge is 2.49. The van der Waals surface area contributed by atoms with Crippen molar-refractivity contribution in [2.75, 3.05) is 5.75 Å². The molecule has 12 heavy (non-hydrogen) atoms. The number of thiol groups is 2. The molecule has 0 aliphatic heterocycles. The monoisotopic (exact) mass is 202 g/mol. The van der Waals surface area contributed by atoms with Crippen molar-refractivity contribution in [3.05, 3.63) is 0 Å². The van der Waals surface area contributed by atoms with E-state index >= 15 is 0 Å². The van der Waals surface area contributed by atoms with Gasteiger partial charge in [0.1, 0.15) is 0 Å². The Kier molecular flexibility index (Phi) is 2.66. The van der Waals surface area contributed by atoms with Crippen LogP contribution in [0.5, 0.6) is 0 Å². The third-order valence-electron chi connectivity index (χ3n) is 4.00. The molecule has 70 valence electrons. The fourth-order valence-corrected chi connectivity index (χ4v) is 4.63. The highest BCUT2D eigenvalue weighted by atomic mass is 32.1. The van der Waals surface area contributed by atoms with Crippen LogP contribution in [0.2, 0.25) is 0 Å². The third kappa shape index (κ3) is 1.22. The molecule has 2 aliphatic rings. The van der Waals surface area contributed by atoms with Gasteiger partial charge in [-0.1, -0.05) is 13.3 Å². The Morgan fingerprint density at radius 1 is 1.25 bits per heavy atom. The summed E-state index contributed by atoms with van der Waals surface area (Å²) in [5, 5.41) is 0.690. The Hall–Kier alpha value is 0.700. The maximum Gasteiger partial charge on any atom is 0.00509 e. The van der Waals surface area contributed by atoms with Crippen molar-refractivity contribution < 1.29 is 0 Å². The van der Waals surface area contributed by atoms with Gasteiger partial charge in [-0.05, 0) is 42.3 Å². The van der Waals surface area contributed by atoms with Gasteiger partial charge >= 0.3 is 0 Å². The Morgan fingerprint density at radius 3 is 2.58 bits per heavy atom. The maximum absolute atomic E-state index is 4.66. The first-order valence-electron chi connectivity index (χ1n) is 5.06. The fraction of sp³-hybridized carbons (Fsp3) is 1.00. The van der Waals surface area contributed by atoms with Gasteiger partial charge < -0.3 is 0 Å². The molecule has 2 fully saturated rings. The molecule has 0 nitrogen and oxygen atoms in total. The predicted molar refractivity (Wildman–Crippen MR) is 60.1 cm³/mol. The van der Waals surface area contributed by atoms with Crippen LogP contribution >= 0.6 is 25.3 Å². The minimum atomic E-state index is 0.690. The van der Waals surface area contributed by atoms with E-state index in [0.29, 0.717) is 5.25 Å². The van der Waals surface area contributed by atoms with Gasteiger partial charge in [-0.15, -0.1) is 0 Å². The van der Waals surface area contributed by atoms with Gasteiger partial charge in [0, 0.05) is 5.25 Å². The van der Waals surface area contributed by atoms with E-state index in [-0.39, 0.29) is 0 Å². The van der Waals surface area contributed by atoms with Crippen molar-refractivity contribution in [3.63, 3.8) is 0 Å². The van der Waals surface area contributed by atoms with Crippen LogP contribution < -0.4 is 0 Å². The molecule has 0 aromatic rings. The Morgan fingerprint density at radius 2 is 2.00 bits per heavy atom. The second-order valence-corrected chi connectivity index (χ2v) is 5.41. The fourth-order valence-electron chi connectivity index (χ4n) is 3.47. The minimum absolute atomic E-state index is 0.690. The summed E-state index contributed by atoms with van der Waals surface area (Å²) in [4.78, 5) is 0. The molecular formula is C10H18S2. The van der Waals surface area contributed by atoms with Crippen molar-refractivity contribution in [3.8, 4) is 0 Å². The van der Waals surface area contributed by atoms with Crippen molar-refractivity contribution >= 4 is 25.3 Å². The largest absolute Gasteiger partial charge is 0.179 e. The summed E-state index contributed by atoms with van der Waals surface area (Å²) in [6, 6.07) is 0. The van der Waals surface area contributed by atoms with Gasteiger partial charge in [0.05, 0.1) is 0 Å². The number of hydrogen-bond acceptors (Lipinski definition) is 2. The quantitative estimate of drug-likeness (QED) is 0.632. The zero-order valence-electron chi connectivity index (χ0n) is 7.61. The van der Waals surface area contributed by atoms with Gasteiger partial charge in [-0.3, -0.25) is 0 Å². The standard InChI is InChI=1S/C10H18S2/c1-2-7-6-3-8(9(7)5-11)10(12)4-6/h6-12H,2-5H2,1H3. The molecule has 2 heteroatoms. The molecule has 0 spiro atoms. The summed E-state index contributed by atoms with van der Waals surface area (Å²) in [7, 11) is 0. The predicted octanol–water partition coefficient (Wildman–Crippen LogP) is 2.90. The van der Waals surface area contributed by atoms with E-state index in [9.17, 15) is 0 Å². The van der Waals surface area contributed by atoms with Crippen LogP contribution in [-0.4, -0.2) is 11.0 Å². The van der Waals surface area contributed by atoms with E-state index in [1.165, 1.54) is 19.3 Å². The normalized spacial score (nSPS) is 51.8. The van der Waals surface area contributed by atoms with Crippen LogP contribution in [0, 0.1) is 23.7 Å². The lowest BCUT2D eigenvalue weighted by Crippen LogP contribution is -2.29. The van der Waals surface area contributed by atoms with Crippen LogP contribution in [0.25, 0.3) is 0 Å². The van der Waals surface area contributed by atoms with Crippen LogP contribution in [-0.2, 0) is 0 Å². The van der Waals surface area contributed by atoms with E-state index in [2.05, 4.69) is 32.2 Å². The average Bonchev–Trinajstić information content (AvgIpc) is 2.58. The minimum Gasteiger partial charge on any atom is -0.179 e. The Labute approximate surface area is 86.3 Å². The first-order valence-corrected chi connectivity index (χ1v) is 6.21. The lowest BCUT2D eigenvalue weighted by Gasteiger charge is -2.32. The lowest BCUT2D eigenvalue weighted by molar-refractivity contribution is 0.244. The molecule has 5 unspecified atom stereocenters. The highest BCUT2D eigenvalue weighted by molar-refractivity contribution is 7.81. The zero-order valence-corrected chi connectivity index (χ0v) is 9.40. The van der Waals surface area contributed by atoms with E-state index in [4.69, 9.17) is 0 Å². The molecule has 0 radical (unpaired) electrons. The molecule has 5 atom stereocenters. The Bertz CT molecular complexity index is 167. The van der Waals surface area contributed by atoms with Gasteiger partial charge in [0.15, 0.2) is 0 Å². The van der Waals surface area contributed by atoms with Gasteiger partial charge in [-0.2, -0.15) is 25.3 Å². The smallest absolute Gasteiger partial charge is 0.00509 e. The van der Waals surface area contributed by atoms with Crippen molar-refractivity contribution in [2.45, 2.75) is 31.4 Å². The molecule has 2 aliphatic carbocycles. The van der Waals surface area contributed by atoms with Crippen LogP contribution in [0.1, 0.15) is 26.2 Å². The third-order valence-corrected chi connectivity index (χ3v) is 5.02. The second-order valence-electron chi connectivity index (χ2n) is 4.38. The summed E-state index contributed by atoms with van der Waals surface area (Å²) >= 11 is 9.13. The van der Waals surface area contributed by atoms with Crippen molar-refractivity contribution in [2.24, 2.45) is 23.7 Å². The molecule has 0 N–H and O–H groups in total. The molecule has 0 aromatic carbocycles. The van der Waals surface area contributed by atoms with Gasteiger partial charge in [-0.25, -0.2) is 0 Å². The summed E-state index contributed by atoms with van der Waals surface area (Å²) < 4.78 is 0. The number of hydrogen-bond donors (Lipinski definition) is 2. The van der Waals surface area contributed by atoms with Crippen LogP contribution in [0.15, 0.2) is 0 Å². The first-order chi connectivity index (χ1) is 5.77. The van der Waals surface area contributed by atoms with Gasteiger partial charge in [0.25, 0.3) is 0 Å². The summed E-state index contributed by atoms with van der Waals surface area (Å²) in [6.07, 6.45) is 4.17. The highest BCUT2D eigenvalue weighted by Crippen LogP contribution is 2.55. The molecule has 0 saturated heterocycles. The number of rotatable bonds is 2. The average molecular weight is 202 g/mol. The summed E-state index contributed by atoms with van der Waals surface area (Å²) in [6.45, 7) is 2.33. The number of fused-ring (bicyclic) bond motifs is 2. The summed E-state index contributed by atoms with van der Waals surface area (Å²) in [5.74, 6) is 4.80. The first kappa shape index (κ1) is 9.26. The van der Waals surface area contributed by atoms with E-state index in [0.717, 1.165) is 29.4 Å². The van der Waals surface area contributed by atoms with Crippen LogP contribution in [0.3, 0.4) is 0 Å². The van der Waals surface area contributed by atoms with Crippen molar-refractivity contribution in [1.29, 1.82) is 0 Å². The maximum atomic E-state index is 4.66. The topological polar surface area (TPSA) is 0 Å².